The first kappa shape index (κ1) is 18.9. The number of amides is 2. The zero-order valence-corrected chi connectivity index (χ0v) is 16.9. The van der Waals surface area contributed by atoms with E-state index in [2.05, 4.69) is 23.5 Å². The number of nitrogens with one attached hydrogen (secondary N) is 2. The molecule has 2 amide bonds. The van der Waals surface area contributed by atoms with E-state index in [0.29, 0.717) is 24.5 Å². The standard InChI is InChI=1S/C23H25N3O4/c27-22(14-21-23(28)24-18-3-1-2-4-20(18)30-21)26-10-8-25(9-11-26)15-16-5-6-19-17(13-16)7-12-29-19/h1-6,13,21H,7-12,14-15H2,(H,24,28)/p+1/t21-/m1/s1. The minimum Gasteiger partial charge on any atom is -0.493 e. The normalized spacial score (nSPS) is 20.6. The molecule has 0 radical (unpaired) electrons. The van der Waals surface area contributed by atoms with Gasteiger partial charge in [-0.1, -0.05) is 12.1 Å². The average Bonchev–Trinajstić information content (AvgIpc) is 3.23. The van der Waals surface area contributed by atoms with Gasteiger partial charge in [-0.2, -0.15) is 0 Å². The minimum absolute atomic E-state index is 0.0248. The molecule has 1 fully saturated rings. The maximum atomic E-state index is 12.8. The van der Waals surface area contributed by atoms with Crippen LogP contribution >= 0.6 is 0 Å². The van der Waals surface area contributed by atoms with Crippen molar-refractivity contribution in [2.45, 2.75) is 25.5 Å². The summed E-state index contributed by atoms with van der Waals surface area (Å²) in [5.41, 5.74) is 3.27. The van der Waals surface area contributed by atoms with Crippen molar-refractivity contribution in [2.75, 3.05) is 38.1 Å². The number of para-hydroxylation sites is 2. The lowest BCUT2D eigenvalue weighted by atomic mass is 10.1. The molecule has 7 heteroatoms. The van der Waals surface area contributed by atoms with E-state index in [1.165, 1.54) is 16.0 Å². The molecule has 2 aromatic carbocycles. The van der Waals surface area contributed by atoms with Crippen molar-refractivity contribution in [3.63, 3.8) is 0 Å². The van der Waals surface area contributed by atoms with Gasteiger partial charge in [-0.25, -0.2) is 0 Å². The molecule has 156 valence electrons. The quantitative estimate of drug-likeness (QED) is 0.779. The van der Waals surface area contributed by atoms with Gasteiger partial charge in [-0.15, -0.1) is 0 Å². The van der Waals surface area contributed by atoms with E-state index in [1.54, 1.807) is 12.1 Å². The molecule has 0 spiro atoms. The van der Waals surface area contributed by atoms with Gasteiger partial charge in [0.05, 0.1) is 44.9 Å². The van der Waals surface area contributed by atoms with Crippen molar-refractivity contribution in [3.8, 4) is 11.5 Å². The predicted molar refractivity (Wildman–Crippen MR) is 111 cm³/mol. The van der Waals surface area contributed by atoms with E-state index >= 15 is 0 Å². The summed E-state index contributed by atoms with van der Waals surface area (Å²) >= 11 is 0. The van der Waals surface area contributed by atoms with E-state index in [0.717, 1.165) is 38.4 Å². The Morgan fingerprint density at radius 2 is 1.97 bits per heavy atom. The molecule has 0 unspecified atom stereocenters. The number of fused-ring (bicyclic) bond motifs is 2. The van der Waals surface area contributed by atoms with Crippen LogP contribution in [0.4, 0.5) is 5.69 Å². The van der Waals surface area contributed by atoms with Crippen molar-refractivity contribution < 1.29 is 24.0 Å². The third-order valence-electron chi connectivity index (χ3n) is 6.10. The number of ether oxygens (including phenoxy) is 2. The number of rotatable bonds is 4. The largest absolute Gasteiger partial charge is 0.493 e. The topological polar surface area (TPSA) is 72.3 Å². The van der Waals surface area contributed by atoms with Crippen LogP contribution in [0.15, 0.2) is 42.5 Å². The monoisotopic (exact) mass is 408 g/mol. The first-order valence-electron chi connectivity index (χ1n) is 10.6. The number of anilines is 1. The van der Waals surface area contributed by atoms with E-state index in [4.69, 9.17) is 9.47 Å². The molecule has 30 heavy (non-hydrogen) atoms. The van der Waals surface area contributed by atoms with Crippen LogP contribution in [0.1, 0.15) is 17.5 Å². The molecule has 2 aromatic rings. The smallest absolute Gasteiger partial charge is 0.266 e. The van der Waals surface area contributed by atoms with E-state index in [9.17, 15) is 9.59 Å². The molecule has 0 aliphatic carbocycles. The number of hydrogen-bond donors (Lipinski definition) is 2. The Kier molecular flexibility index (Phi) is 5.04. The van der Waals surface area contributed by atoms with Gasteiger partial charge < -0.3 is 24.6 Å². The van der Waals surface area contributed by atoms with Gasteiger partial charge in [-0.3, -0.25) is 9.59 Å². The molecule has 0 bridgehead atoms. The Hall–Kier alpha value is -3.06. The van der Waals surface area contributed by atoms with Gasteiger partial charge in [0.25, 0.3) is 5.91 Å². The SMILES string of the molecule is O=C1Nc2ccccc2O[C@@H]1CC(=O)N1CC[NH+](Cc2ccc3c(c2)CCO3)CC1. The summed E-state index contributed by atoms with van der Waals surface area (Å²) < 4.78 is 11.4. The summed E-state index contributed by atoms with van der Waals surface area (Å²) in [5, 5.41) is 2.82. The highest BCUT2D eigenvalue weighted by atomic mass is 16.5. The Bertz CT molecular complexity index is 969. The second-order valence-corrected chi connectivity index (χ2v) is 8.14. The highest BCUT2D eigenvalue weighted by molar-refractivity contribution is 5.99. The predicted octanol–water partition coefficient (Wildman–Crippen LogP) is 0.638. The molecular formula is C23H26N3O4+. The van der Waals surface area contributed by atoms with Gasteiger partial charge in [0, 0.05) is 12.0 Å². The number of carbonyl (C=O) groups is 2. The summed E-state index contributed by atoms with van der Waals surface area (Å²) in [6.07, 6.45) is 0.286. The highest BCUT2D eigenvalue weighted by Crippen LogP contribution is 2.30. The number of carbonyl (C=O) groups excluding carboxylic acids is 2. The van der Waals surface area contributed by atoms with Crippen LogP contribution in [0.5, 0.6) is 11.5 Å². The van der Waals surface area contributed by atoms with Crippen LogP contribution in [0.3, 0.4) is 0 Å². The number of benzene rings is 2. The average molecular weight is 408 g/mol. The second-order valence-electron chi connectivity index (χ2n) is 8.14. The molecule has 0 aromatic heterocycles. The van der Waals surface area contributed by atoms with Crippen molar-refractivity contribution in [1.82, 2.24) is 4.90 Å². The van der Waals surface area contributed by atoms with Crippen LogP contribution < -0.4 is 19.7 Å². The molecule has 1 saturated heterocycles. The summed E-state index contributed by atoms with van der Waals surface area (Å²) in [5.74, 6) is 1.35. The highest BCUT2D eigenvalue weighted by Gasteiger charge is 2.32. The molecule has 3 aliphatic heterocycles. The number of nitrogens with zero attached hydrogens (tertiary/aromatic N) is 1. The zero-order valence-electron chi connectivity index (χ0n) is 16.9. The van der Waals surface area contributed by atoms with Gasteiger partial charge in [0.1, 0.15) is 18.0 Å². The van der Waals surface area contributed by atoms with Crippen LogP contribution in [-0.4, -0.2) is 55.6 Å². The third kappa shape index (κ3) is 3.85. The first-order chi connectivity index (χ1) is 14.7. The van der Waals surface area contributed by atoms with Crippen molar-refractivity contribution in [2.24, 2.45) is 0 Å². The van der Waals surface area contributed by atoms with Gasteiger partial charge in [-0.05, 0) is 35.9 Å². The van der Waals surface area contributed by atoms with Crippen LogP contribution in [0.2, 0.25) is 0 Å². The number of quaternary nitrogens is 1. The van der Waals surface area contributed by atoms with E-state index in [-0.39, 0.29) is 18.2 Å². The van der Waals surface area contributed by atoms with Crippen LogP contribution in [-0.2, 0) is 22.6 Å². The Labute approximate surface area is 175 Å². The van der Waals surface area contributed by atoms with Crippen molar-refractivity contribution >= 4 is 17.5 Å². The number of piperazine rings is 1. The molecule has 5 rings (SSSR count). The Morgan fingerprint density at radius 1 is 1.13 bits per heavy atom. The fraction of sp³-hybridized carbons (Fsp3) is 0.391. The first-order valence-corrected chi connectivity index (χ1v) is 10.6. The van der Waals surface area contributed by atoms with E-state index in [1.807, 2.05) is 17.0 Å². The summed E-state index contributed by atoms with van der Waals surface area (Å²) in [7, 11) is 0. The lowest BCUT2D eigenvalue weighted by Gasteiger charge is -2.33. The molecule has 3 heterocycles. The number of hydrogen-bond acceptors (Lipinski definition) is 4. The Morgan fingerprint density at radius 3 is 2.83 bits per heavy atom. The maximum Gasteiger partial charge on any atom is 0.266 e. The lowest BCUT2D eigenvalue weighted by molar-refractivity contribution is -0.917. The zero-order chi connectivity index (χ0) is 20.5. The Balaban J connectivity index is 1.13. The summed E-state index contributed by atoms with van der Waals surface area (Å²) in [6.45, 7) is 4.95. The molecular weight excluding hydrogens is 382 g/mol. The third-order valence-corrected chi connectivity index (χ3v) is 6.10. The van der Waals surface area contributed by atoms with Crippen LogP contribution in [0.25, 0.3) is 0 Å². The summed E-state index contributed by atoms with van der Waals surface area (Å²) in [6, 6.07) is 13.8. The molecule has 7 nitrogen and oxygen atoms in total. The summed E-state index contributed by atoms with van der Waals surface area (Å²) in [4.78, 5) is 28.4. The molecule has 0 saturated carbocycles. The maximum absolute atomic E-state index is 12.8. The van der Waals surface area contributed by atoms with Gasteiger partial charge >= 0.3 is 0 Å². The fourth-order valence-electron chi connectivity index (χ4n) is 4.40. The second kappa shape index (κ2) is 7.99. The van der Waals surface area contributed by atoms with Crippen molar-refractivity contribution in [1.29, 1.82) is 0 Å². The molecule has 3 aliphatic rings. The van der Waals surface area contributed by atoms with Crippen molar-refractivity contribution in [3.05, 3.63) is 53.6 Å². The lowest BCUT2D eigenvalue weighted by Crippen LogP contribution is -3.13. The van der Waals surface area contributed by atoms with Gasteiger partial charge in [0.15, 0.2) is 6.10 Å². The van der Waals surface area contributed by atoms with Gasteiger partial charge in [0.2, 0.25) is 5.91 Å². The minimum atomic E-state index is -0.772. The van der Waals surface area contributed by atoms with Crippen LogP contribution in [0, 0.1) is 0 Å². The van der Waals surface area contributed by atoms with E-state index < -0.39 is 6.10 Å². The molecule has 1 atom stereocenters. The molecule has 2 N–H and O–H groups in total. The fourth-order valence-corrected chi connectivity index (χ4v) is 4.40.